The Morgan fingerprint density at radius 2 is 0.800 bits per heavy atom. The van der Waals surface area contributed by atoms with Crippen LogP contribution >= 0.6 is 0 Å². The second kappa shape index (κ2) is 1.28. The monoisotopic (exact) mass is 104 g/mol. The van der Waals surface area contributed by atoms with Crippen molar-refractivity contribution in [3.05, 3.63) is 0 Å². The first-order chi connectivity index (χ1) is 2.00. The van der Waals surface area contributed by atoms with Crippen LogP contribution in [0, 0.1) is 0 Å². The van der Waals surface area contributed by atoms with Gasteiger partial charge in [0.2, 0.25) is 0 Å². The zero-order valence-electron chi connectivity index (χ0n) is 2.34. The van der Waals surface area contributed by atoms with Crippen LogP contribution in [0.1, 0.15) is 0 Å². The summed E-state index contributed by atoms with van der Waals surface area (Å²) in [6, 6.07) is 0. The van der Waals surface area contributed by atoms with Gasteiger partial charge in [0.05, 0.1) is 0 Å². The van der Waals surface area contributed by atoms with Crippen LogP contribution in [0.15, 0.2) is 0 Å². The van der Waals surface area contributed by atoms with Gasteiger partial charge in [-0.15, -0.1) is 0 Å². The van der Waals surface area contributed by atoms with E-state index in [4.69, 9.17) is 5.74 Å². The third kappa shape index (κ3) is 128. The number of rotatable bonds is 0. The summed E-state index contributed by atoms with van der Waals surface area (Å²) < 4.78 is 34.6. The molecule has 0 atom stereocenters. The summed E-state index contributed by atoms with van der Waals surface area (Å²) in [5.41, 5.74) is 0. The van der Waals surface area contributed by atoms with E-state index in [1.54, 1.807) is 0 Å². The molecule has 0 saturated heterocycles. The average Bonchev–Trinajstić information content (AvgIpc) is 0.722. The molecule has 0 saturated carbocycles. The molecule has 0 spiro atoms. The first kappa shape index (κ1) is 5.46. The van der Waals surface area contributed by atoms with Crippen LogP contribution in [0.4, 0.5) is 0 Å². The molecule has 0 aliphatic heterocycles. The van der Waals surface area contributed by atoms with Gasteiger partial charge in [0, 0.05) is 0 Å². The minimum atomic E-state index is -6.25. The van der Waals surface area contributed by atoms with E-state index < -0.39 is 30.3 Å². The van der Waals surface area contributed by atoms with Gasteiger partial charge in [0.15, 0.2) is 0 Å². The van der Waals surface area contributed by atoms with Crippen LogP contribution in [0.25, 0.3) is 0 Å². The predicted molar refractivity (Wildman–Crippen MR) is 8.50 cm³/mol. The minimum absolute atomic E-state index is 6.25. The molecule has 5 heavy (non-hydrogen) atoms. The molecule has 0 bridgehead atoms. The molecule has 4 nitrogen and oxygen atoms in total. The number of hydrogen-bond acceptors (Lipinski definition) is 4. The Bertz CT molecular complexity index is 155. The van der Waals surface area contributed by atoms with E-state index in [9.17, 15) is 0 Å². The second-order valence-corrected chi connectivity index (χ2v) is 2.92. The van der Waals surface area contributed by atoms with Gasteiger partial charge in [-0.1, -0.05) is 0 Å². The average molecular weight is 104 g/mol. The molecule has 0 amide bonds. The molecule has 26 valence electrons. The third-order valence-electron chi connectivity index (χ3n) is 0. The first-order valence-corrected chi connectivity index (χ1v) is 4.76. The third-order valence-corrected chi connectivity index (χ3v) is 0. The molecular formula is CaO4. The van der Waals surface area contributed by atoms with Crippen LogP contribution in [0.3, 0.4) is 0 Å². The van der Waals surface area contributed by atoms with Crippen molar-refractivity contribution in [2.24, 2.45) is 0 Å². The quantitative estimate of drug-likeness (QED) is 0.375. The Morgan fingerprint density at radius 3 is 0.800 bits per heavy atom. The van der Waals surface area contributed by atoms with Crippen molar-refractivity contribution >= 4 is 30.3 Å². The van der Waals surface area contributed by atoms with Gasteiger partial charge in [-0.05, 0) is 0 Å². The maximum absolute atomic E-state index is 8.66. The van der Waals surface area contributed by atoms with Gasteiger partial charge < -0.3 is 0 Å². The van der Waals surface area contributed by atoms with Gasteiger partial charge in [-0.25, -0.2) is 0 Å². The Balaban J connectivity index is 6.05. The molecule has 0 aromatic heterocycles. The van der Waals surface area contributed by atoms with Crippen LogP contribution < -0.4 is 0 Å². The van der Waals surface area contributed by atoms with E-state index in [1.807, 2.05) is 0 Å². The molecular weight excluding hydrogens is 104 g/mol. The van der Waals surface area contributed by atoms with Gasteiger partial charge >= 0.3 is 36.1 Å². The van der Waals surface area contributed by atoms with Gasteiger partial charge in [-0.3, -0.25) is 0 Å². The maximum atomic E-state index is 8.66. The summed E-state index contributed by atoms with van der Waals surface area (Å²) in [6.07, 6.45) is 0. The van der Waals surface area contributed by atoms with Crippen LogP contribution in [0.5, 0.6) is 0 Å². The van der Waals surface area contributed by atoms with E-state index in [2.05, 4.69) is 0 Å². The van der Waals surface area contributed by atoms with Gasteiger partial charge in [0.1, 0.15) is 0 Å². The van der Waals surface area contributed by atoms with E-state index in [0.717, 1.165) is 0 Å². The fraction of sp³-hybridized carbons (Fsp3) is 0. The summed E-state index contributed by atoms with van der Waals surface area (Å²) in [5.74, 6) is 0. The Kier molecular flexibility index (Phi) is 1.40. The molecule has 5 heteroatoms. The summed E-state index contributed by atoms with van der Waals surface area (Å²) in [5, 5.41) is 0. The van der Waals surface area contributed by atoms with Crippen molar-refractivity contribution < 1.29 is 5.74 Å². The standard InChI is InChI=1S/Ca.4O. The zero-order valence-corrected chi connectivity index (χ0v) is 4.55. The summed E-state index contributed by atoms with van der Waals surface area (Å²) in [7, 11) is 0. The van der Waals surface area contributed by atoms with Crippen molar-refractivity contribution in [3.8, 4) is 0 Å². The Morgan fingerprint density at radius 1 is 0.800 bits per heavy atom. The summed E-state index contributed by atoms with van der Waals surface area (Å²) >= 11 is -6.25. The number of hydrogen-bond donors (Lipinski definition) is 0. The fourth-order valence-electron chi connectivity index (χ4n) is 0. The van der Waals surface area contributed by atoms with Gasteiger partial charge in [0.25, 0.3) is 0 Å². The van der Waals surface area contributed by atoms with Crippen molar-refractivity contribution in [1.82, 2.24) is 0 Å². The Labute approximate surface area is 35.8 Å². The molecule has 0 aliphatic carbocycles. The fourth-order valence-corrected chi connectivity index (χ4v) is 0. The molecule has 0 aliphatic rings. The van der Waals surface area contributed by atoms with Crippen molar-refractivity contribution in [3.63, 3.8) is 0 Å². The molecule has 0 fully saturated rings. The van der Waals surface area contributed by atoms with Crippen molar-refractivity contribution in [2.45, 2.75) is 0 Å². The predicted octanol–water partition coefficient (Wildman–Crippen LogP) is -0.856. The van der Waals surface area contributed by atoms with Gasteiger partial charge in [-0.2, -0.15) is 0 Å². The molecule has 0 unspecified atom stereocenters. The first-order valence-electron chi connectivity index (χ1n) is 1.15. The summed E-state index contributed by atoms with van der Waals surface area (Å²) in [6.45, 7) is 0. The molecule has 0 radical (unpaired) electrons. The molecule has 0 aromatic rings. The van der Waals surface area contributed by atoms with Crippen molar-refractivity contribution in [1.29, 1.82) is 0 Å². The van der Waals surface area contributed by atoms with Crippen LogP contribution in [0.2, 0.25) is 0 Å². The second-order valence-electron chi connectivity index (χ2n) is 0.707. The van der Waals surface area contributed by atoms with E-state index in [1.165, 1.54) is 0 Å². The van der Waals surface area contributed by atoms with E-state index in [-0.39, 0.29) is 0 Å². The topological polar surface area (TPSA) is 68.3 Å². The van der Waals surface area contributed by atoms with Crippen molar-refractivity contribution in [2.75, 3.05) is 0 Å². The molecule has 0 aromatic carbocycles. The molecule has 0 heterocycles. The molecule has 0 N–H and O–H groups in total. The summed E-state index contributed by atoms with van der Waals surface area (Å²) in [4.78, 5) is 0. The SMILES string of the molecule is [O]=[Ca](=[O])(=[O])=[O]. The van der Waals surface area contributed by atoms with E-state index >= 15 is 0 Å². The molecule has 0 rings (SSSR count). The zero-order chi connectivity index (χ0) is 4.50. The normalized spacial score (nSPS) is 14.4. The van der Waals surface area contributed by atoms with Crippen LogP contribution in [-0.2, 0) is 5.74 Å². The van der Waals surface area contributed by atoms with E-state index in [0.29, 0.717) is 0 Å². The Hall–Kier alpha value is 0.460. The van der Waals surface area contributed by atoms with Crippen LogP contribution in [-0.4, -0.2) is 30.3 Å².